The van der Waals surface area contributed by atoms with Crippen LogP contribution in [0, 0.1) is 0 Å². The maximum Gasteiger partial charge on any atom is 0.328 e. The van der Waals surface area contributed by atoms with Gasteiger partial charge in [0.25, 0.3) is 5.56 Å². The minimum Gasteiger partial charge on any atom is -0.314 e. The average Bonchev–Trinajstić information content (AvgIpc) is 2.39. The third kappa shape index (κ3) is 5.18. The van der Waals surface area contributed by atoms with Crippen molar-refractivity contribution in [2.24, 2.45) is 0 Å². The van der Waals surface area contributed by atoms with Crippen LogP contribution in [0.5, 0.6) is 0 Å². The molecule has 0 unspecified atom stereocenters. The second-order valence-electron chi connectivity index (χ2n) is 4.21. The van der Waals surface area contributed by atoms with Crippen LogP contribution >= 0.6 is 11.6 Å². The fraction of sp³-hybridized carbons (Fsp3) is 0.667. The number of rotatable bonds is 8. The van der Waals surface area contributed by atoms with E-state index >= 15 is 0 Å². The maximum atomic E-state index is 11.5. The summed E-state index contributed by atoms with van der Waals surface area (Å²) in [5.74, 6) is 0. The fourth-order valence-corrected chi connectivity index (χ4v) is 1.92. The molecule has 0 aliphatic heterocycles. The summed E-state index contributed by atoms with van der Waals surface area (Å²) < 4.78 is 1.40. The lowest BCUT2D eigenvalue weighted by molar-refractivity contribution is 0.301. The number of aromatic nitrogens is 2. The molecule has 1 rings (SSSR count). The number of H-pyrrole nitrogens is 1. The van der Waals surface area contributed by atoms with Crippen LogP contribution in [0.25, 0.3) is 0 Å². The molecule has 19 heavy (non-hydrogen) atoms. The first-order valence-corrected chi connectivity index (χ1v) is 6.88. The van der Waals surface area contributed by atoms with E-state index < -0.39 is 11.2 Å². The van der Waals surface area contributed by atoms with Gasteiger partial charge in [-0.2, -0.15) is 0 Å². The quantitative estimate of drug-likeness (QED) is 0.667. The van der Waals surface area contributed by atoms with Crippen molar-refractivity contribution in [3.8, 4) is 0 Å². The molecule has 0 bridgehead atoms. The molecular weight excluding hydrogens is 268 g/mol. The summed E-state index contributed by atoms with van der Waals surface area (Å²) in [5, 5.41) is 3.29. The molecule has 0 aliphatic rings. The Bertz CT molecular complexity index is 493. The summed E-state index contributed by atoms with van der Waals surface area (Å²) >= 11 is 5.67. The second kappa shape index (κ2) is 8.14. The van der Waals surface area contributed by atoms with Gasteiger partial charge in [-0.1, -0.05) is 25.4 Å². The van der Waals surface area contributed by atoms with Crippen molar-refractivity contribution >= 4 is 11.6 Å². The fourth-order valence-electron chi connectivity index (χ4n) is 1.75. The van der Waals surface area contributed by atoms with Crippen LogP contribution in [0.1, 0.15) is 13.8 Å². The number of halogens is 1. The highest BCUT2D eigenvalue weighted by Gasteiger charge is 2.02. The van der Waals surface area contributed by atoms with Crippen molar-refractivity contribution in [3.63, 3.8) is 0 Å². The first-order valence-electron chi connectivity index (χ1n) is 6.50. The molecule has 0 aromatic carbocycles. The molecule has 0 spiro atoms. The van der Waals surface area contributed by atoms with Crippen molar-refractivity contribution < 1.29 is 0 Å². The van der Waals surface area contributed by atoms with Gasteiger partial charge in [0.15, 0.2) is 0 Å². The van der Waals surface area contributed by atoms with E-state index in [1.165, 1.54) is 10.8 Å². The molecular formula is C12H21ClN4O2. The van der Waals surface area contributed by atoms with E-state index in [4.69, 9.17) is 11.6 Å². The molecule has 6 nitrogen and oxygen atoms in total. The third-order valence-electron chi connectivity index (χ3n) is 3.00. The lowest BCUT2D eigenvalue weighted by Gasteiger charge is -2.18. The summed E-state index contributed by atoms with van der Waals surface area (Å²) in [4.78, 5) is 27.0. The first-order chi connectivity index (χ1) is 9.08. The Morgan fingerprint density at radius 1 is 1.32 bits per heavy atom. The van der Waals surface area contributed by atoms with Gasteiger partial charge < -0.3 is 10.2 Å². The Balaban J connectivity index is 2.36. The van der Waals surface area contributed by atoms with Gasteiger partial charge in [-0.05, 0) is 13.1 Å². The summed E-state index contributed by atoms with van der Waals surface area (Å²) in [6.45, 7) is 9.32. The average molecular weight is 289 g/mol. The number of nitrogens with one attached hydrogen (secondary N) is 2. The third-order valence-corrected chi connectivity index (χ3v) is 3.27. The van der Waals surface area contributed by atoms with Crippen LogP contribution in [0.2, 0.25) is 5.02 Å². The molecule has 7 heteroatoms. The van der Waals surface area contributed by atoms with Crippen LogP contribution in [-0.2, 0) is 6.54 Å². The van der Waals surface area contributed by atoms with Crippen LogP contribution in [0.3, 0.4) is 0 Å². The van der Waals surface area contributed by atoms with E-state index in [9.17, 15) is 9.59 Å². The van der Waals surface area contributed by atoms with Crippen molar-refractivity contribution in [3.05, 3.63) is 32.1 Å². The van der Waals surface area contributed by atoms with E-state index in [0.29, 0.717) is 13.1 Å². The summed E-state index contributed by atoms with van der Waals surface area (Å²) in [6, 6.07) is 0. The highest BCUT2D eigenvalue weighted by Crippen LogP contribution is 1.95. The van der Waals surface area contributed by atoms with E-state index in [1.807, 2.05) is 0 Å². The summed E-state index contributed by atoms with van der Waals surface area (Å²) in [7, 11) is 0. The Hall–Kier alpha value is -1.11. The predicted octanol–water partition coefficient (Wildman–Crippen LogP) is 0.121. The topological polar surface area (TPSA) is 70.1 Å². The lowest BCUT2D eigenvalue weighted by atomic mass is 10.4. The maximum absolute atomic E-state index is 11.5. The molecule has 108 valence electrons. The van der Waals surface area contributed by atoms with Gasteiger partial charge in [-0.25, -0.2) is 4.79 Å². The zero-order valence-corrected chi connectivity index (χ0v) is 12.2. The monoisotopic (exact) mass is 288 g/mol. The Morgan fingerprint density at radius 2 is 2.00 bits per heavy atom. The van der Waals surface area contributed by atoms with Gasteiger partial charge in [-0.3, -0.25) is 14.3 Å². The van der Waals surface area contributed by atoms with E-state index in [1.54, 1.807) is 0 Å². The highest BCUT2D eigenvalue weighted by molar-refractivity contribution is 6.30. The number of likely N-dealkylation sites (N-methyl/N-ethyl adjacent to an activating group) is 1. The molecule has 2 N–H and O–H groups in total. The molecule has 0 aliphatic carbocycles. The van der Waals surface area contributed by atoms with Crippen LogP contribution in [-0.4, -0.2) is 47.2 Å². The zero-order valence-electron chi connectivity index (χ0n) is 11.4. The van der Waals surface area contributed by atoms with Crippen molar-refractivity contribution in [2.75, 3.05) is 32.7 Å². The van der Waals surface area contributed by atoms with E-state index in [-0.39, 0.29) is 5.02 Å². The number of nitrogens with zero attached hydrogens (tertiary/aromatic N) is 2. The van der Waals surface area contributed by atoms with Gasteiger partial charge >= 0.3 is 5.69 Å². The van der Waals surface area contributed by atoms with Gasteiger partial charge in [0.05, 0.1) is 0 Å². The Morgan fingerprint density at radius 3 is 2.63 bits per heavy atom. The standard InChI is InChI=1S/C12H21ClN4O2/c1-3-16(4-2)7-5-14-6-8-17-9-10(13)11(18)15-12(17)19/h9,14H,3-8H2,1-2H3,(H,15,18,19). The number of hydrogen-bond acceptors (Lipinski definition) is 4. The first kappa shape index (κ1) is 15.9. The van der Waals surface area contributed by atoms with E-state index in [0.717, 1.165) is 26.2 Å². The molecule has 0 fully saturated rings. The van der Waals surface area contributed by atoms with Crippen LogP contribution in [0.4, 0.5) is 0 Å². The van der Waals surface area contributed by atoms with Crippen LogP contribution in [0.15, 0.2) is 15.8 Å². The van der Waals surface area contributed by atoms with Crippen LogP contribution < -0.4 is 16.6 Å². The van der Waals surface area contributed by atoms with Gasteiger partial charge in [0.2, 0.25) is 0 Å². The smallest absolute Gasteiger partial charge is 0.314 e. The van der Waals surface area contributed by atoms with Gasteiger partial charge in [0, 0.05) is 32.4 Å². The molecule has 1 aromatic rings. The molecule has 0 saturated heterocycles. The SMILES string of the molecule is CCN(CC)CCNCCn1cc(Cl)c(=O)[nH]c1=O. The minimum atomic E-state index is -0.544. The second-order valence-corrected chi connectivity index (χ2v) is 4.61. The number of aromatic amines is 1. The van der Waals surface area contributed by atoms with Crippen molar-refractivity contribution in [1.82, 2.24) is 19.8 Å². The lowest BCUT2D eigenvalue weighted by Crippen LogP contribution is -2.35. The highest BCUT2D eigenvalue weighted by atomic mass is 35.5. The Kier molecular flexibility index (Phi) is 6.83. The number of hydrogen-bond donors (Lipinski definition) is 2. The predicted molar refractivity (Wildman–Crippen MR) is 77.0 cm³/mol. The molecule has 0 amide bonds. The summed E-state index contributed by atoms with van der Waals surface area (Å²) in [5.41, 5.74) is -0.975. The molecule has 1 aromatic heterocycles. The Labute approximate surface area is 117 Å². The molecule has 0 saturated carbocycles. The van der Waals surface area contributed by atoms with Gasteiger partial charge in [-0.15, -0.1) is 0 Å². The van der Waals surface area contributed by atoms with E-state index in [2.05, 4.69) is 29.0 Å². The molecule has 0 atom stereocenters. The molecule has 0 radical (unpaired) electrons. The largest absolute Gasteiger partial charge is 0.328 e. The summed E-state index contributed by atoms with van der Waals surface area (Å²) in [6.07, 6.45) is 1.37. The van der Waals surface area contributed by atoms with Crippen molar-refractivity contribution in [2.45, 2.75) is 20.4 Å². The minimum absolute atomic E-state index is 0.0303. The van der Waals surface area contributed by atoms with Gasteiger partial charge in [0.1, 0.15) is 5.02 Å². The normalized spacial score (nSPS) is 11.2. The van der Waals surface area contributed by atoms with Crippen molar-refractivity contribution in [1.29, 1.82) is 0 Å². The zero-order chi connectivity index (χ0) is 14.3. The molecule has 1 heterocycles.